The van der Waals surface area contributed by atoms with Gasteiger partial charge >= 0.3 is 0 Å². The molecule has 2 aliphatic carbocycles. The summed E-state index contributed by atoms with van der Waals surface area (Å²) in [6.45, 7) is 3.69. The molecule has 0 aliphatic heterocycles. The molecule has 96 valence electrons. The fraction of sp³-hybridized carbons (Fsp3) is 0.857. The summed E-state index contributed by atoms with van der Waals surface area (Å²) in [4.78, 5) is 23.1. The van der Waals surface area contributed by atoms with E-state index in [1.165, 1.54) is 0 Å². The summed E-state index contributed by atoms with van der Waals surface area (Å²) in [5, 5.41) is 10.1. The van der Waals surface area contributed by atoms with Gasteiger partial charge in [0.25, 0.3) is 0 Å². The van der Waals surface area contributed by atoms with Crippen LogP contribution in [0.3, 0.4) is 0 Å². The molecule has 3 nitrogen and oxygen atoms in total. The highest BCUT2D eigenvalue weighted by Gasteiger charge is 2.52. The van der Waals surface area contributed by atoms with Crippen molar-refractivity contribution in [2.75, 3.05) is 0 Å². The fourth-order valence-corrected chi connectivity index (χ4v) is 3.78. The van der Waals surface area contributed by atoms with Crippen molar-refractivity contribution in [3.8, 4) is 0 Å². The Labute approximate surface area is 103 Å². The third-order valence-corrected chi connectivity index (χ3v) is 4.98. The monoisotopic (exact) mass is 238 g/mol. The Morgan fingerprint density at radius 3 is 2.82 bits per heavy atom. The second-order valence-corrected chi connectivity index (χ2v) is 6.02. The van der Waals surface area contributed by atoms with Crippen LogP contribution in [-0.4, -0.2) is 22.8 Å². The van der Waals surface area contributed by atoms with Crippen molar-refractivity contribution < 1.29 is 14.7 Å². The normalized spacial score (nSPS) is 41.4. The molecule has 0 aromatic rings. The lowest BCUT2D eigenvalue weighted by Crippen LogP contribution is -2.43. The zero-order valence-electron chi connectivity index (χ0n) is 10.7. The van der Waals surface area contributed by atoms with Gasteiger partial charge in [-0.15, -0.1) is 0 Å². The van der Waals surface area contributed by atoms with Gasteiger partial charge in [0, 0.05) is 18.8 Å². The topological polar surface area (TPSA) is 54.4 Å². The van der Waals surface area contributed by atoms with Crippen LogP contribution < -0.4 is 0 Å². The highest BCUT2D eigenvalue weighted by Crippen LogP contribution is 2.54. The minimum atomic E-state index is -0.263. The average molecular weight is 238 g/mol. The van der Waals surface area contributed by atoms with Crippen LogP contribution in [0.1, 0.15) is 52.4 Å². The van der Waals surface area contributed by atoms with E-state index in [0.29, 0.717) is 25.0 Å². The van der Waals surface area contributed by atoms with Crippen molar-refractivity contribution in [2.45, 2.75) is 58.5 Å². The first-order chi connectivity index (χ1) is 7.95. The van der Waals surface area contributed by atoms with Gasteiger partial charge in [0.2, 0.25) is 0 Å². The molecule has 4 atom stereocenters. The summed E-state index contributed by atoms with van der Waals surface area (Å²) < 4.78 is 0. The number of hydrogen-bond acceptors (Lipinski definition) is 3. The Balaban J connectivity index is 2.13. The predicted molar refractivity (Wildman–Crippen MR) is 64.5 cm³/mol. The van der Waals surface area contributed by atoms with Gasteiger partial charge in [-0.1, -0.05) is 6.92 Å². The molecule has 0 radical (unpaired) electrons. The maximum Gasteiger partial charge on any atom is 0.136 e. The van der Waals surface area contributed by atoms with Crippen LogP contribution in [0, 0.1) is 17.3 Å². The van der Waals surface area contributed by atoms with Crippen molar-refractivity contribution in [3.63, 3.8) is 0 Å². The number of carbonyl (C=O) groups is 2. The van der Waals surface area contributed by atoms with E-state index in [1.807, 2.05) is 0 Å². The summed E-state index contributed by atoms with van der Waals surface area (Å²) >= 11 is 0. The SMILES string of the molecule is CC(=O)CC[C@@H]1C(=O)CC[C@]2(C)[C@@H](O)CC[C@@H]12. The number of rotatable bonds is 3. The first kappa shape index (κ1) is 12.7. The molecule has 2 fully saturated rings. The van der Waals surface area contributed by atoms with E-state index in [0.717, 1.165) is 19.3 Å². The van der Waals surface area contributed by atoms with E-state index in [2.05, 4.69) is 6.92 Å². The molecule has 0 aromatic heterocycles. The Morgan fingerprint density at radius 2 is 2.18 bits per heavy atom. The molecule has 0 saturated heterocycles. The van der Waals surface area contributed by atoms with Crippen LogP contribution in [-0.2, 0) is 9.59 Å². The highest BCUT2D eigenvalue weighted by molar-refractivity contribution is 5.83. The predicted octanol–water partition coefficient (Wildman–Crippen LogP) is 2.11. The molecule has 2 aliphatic rings. The van der Waals surface area contributed by atoms with Gasteiger partial charge in [0.15, 0.2) is 0 Å². The van der Waals surface area contributed by atoms with Crippen molar-refractivity contribution in [1.82, 2.24) is 0 Å². The number of Topliss-reactive ketones (excluding diaryl/α,β-unsaturated/α-hetero) is 2. The zero-order chi connectivity index (χ0) is 12.6. The summed E-state index contributed by atoms with van der Waals surface area (Å²) in [7, 11) is 0. The highest BCUT2D eigenvalue weighted by atomic mass is 16.3. The number of aliphatic hydroxyl groups excluding tert-OH is 1. The number of aliphatic hydroxyl groups is 1. The quantitative estimate of drug-likeness (QED) is 0.819. The summed E-state index contributed by atoms with van der Waals surface area (Å²) in [5.41, 5.74) is -0.0879. The first-order valence-electron chi connectivity index (χ1n) is 6.65. The van der Waals surface area contributed by atoms with E-state index < -0.39 is 0 Å². The summed E-state index contributed by atoms with van der Waals surface area (Å²) in [6.07, 6.45) is 4.05. The lowest BCUT2D eigenvalue weighted by molar-refractivity contribution is -0.133. The van der Waals surface area contributed by atoms with E-state index in [9.17, 15) is 14.7 Å². The van der Waals surface area contributed by atoms with Crippen molar-refractivity contribution in [3.05, 3.63) is 0 Å². The molecule has 1 N–H and O–H groups in total. The summed E-state index contributed by atoms with van der Waals surface area (Å²) in [6, 6.07) is 0. The molecule has 2 saturated carbocycles. The van der Waals surface area contributed by atoms with Crippen LogP contribution in [0.2, 0.25) is 0 Å². The van der Waals surface area contributed by atoms with Gasteiger partial charge in [-0.25, -0.2) is 0 Å². The minimum absolute atomic E-state index is 0.00907. The largest absolute Gasteiger partial charge is 0.393 e. The van der Waals surface area contributed by atoms with Crippen LogP contribution >= 0.6 is 0 Å². The van der Waals surface area contributed by atoms with E-state index in [4.69, 9.17) is 0 Å². The maximum absolute atomic E-state index is 12.0. The third-order valence-electron chi connectivity index (χ3n) is 4.98. The lowest BCUT2D eigenvalue weighted by atomic mass is 9.62. The van der Waals surface area contributed by atoms with Crippen molar-refractivity contribution in [2.24, 2.45) is 17.3 Å². The van der Waals surface area contributed by atoms with Gasteiger partial charge in [-0.3, -0.25) is 4.79 Å². The standard InChI is InChI=1S/C14H22O3/c1-9(15)3-4-10-11-5-6-13(17)14(11,2)8-7-12(10)16/h10-11,13,17H,3-8H2,1-2H3/t10-,11-,13-,14-/m0/s1. The molecular weight excluding hydrogens is 216 g/mol. The second-order valence-electron chi connectivity index (χ2n) is 6.02. The molecule has 0 spiro atoms. The van der Waals surface area contributed by atoms with E-state index >= 15 is 0 Å². The van der Waals surface area contributed by atoms with Crippen molar-refractivity contribution in [1.29, 1.82) is 0 Å². The summed E-state index contributed by atoms with van der Waals surface area (Å²) in [5.74, 6) is 0.763. The molecular formula is C14H22O3. The van der Waals surface area contributed by atoms with E-state index in [1.54, 1.807) is 6.92 Å². The molecule has 3 heteroatoms. The van der Waals surface area contributed by atoms with Gasteiger partial charge < -0.3 is 9.90 Å². The average Bonchev–Trinajstić information content (AvgIpc) is 2.55. The van der Waals surface area contributed by atoms with Gasteiger partial charge in [-0.05, 0) is 43.9 Å². The molecule has 0 bridgehead atoms. The van der Waals surface area contributed by atoms with Crippen LogP contribution in [0.15, 0.2) is 0 Å². The molecule has 0 aromatic carbocycles. The van der Waals surface area contributed by atoms with Gasteiger partial charge in [0.1, 0.15) is 11.6 Å². The molecule has 2 rings (SSSR count). The Hall–Kier alpha value is -0.700. The fourth-order valence-electron chi connectivity index (χ4n) is 3.78. The Kier molecular flexibility index (Phi) is 3.39. The number of carbonyl (C=O) groups excluding carboxylic acids is 2. The molecule has 0 heterocycles. The zero-order valence-corrected chi connectivity index (χ0v) is 10.7. The van der Waals surface area contributed by atoms with Gasteiger partial charge in [0.05, 0.1) is 6.10 Å². The molecule has 17 heavy (non-hydrogen) atoms. The smallest absolute Gasteiger partial charge is 0.136 e. The van der Waals surface area contributed by atoms with Crippen molar-refractivity contribution >= 4 is 11.6 Å². The molecule has 0 amide bonds. The third kappa shape index (κ3) is 2.17. The van der Waals surface area contributed by atoms with Crippen LogP contribution in [0.4, 0.5) is 0 Å². The number of fused-ring (bicyclic) bond motifs is 1. The Morgan fingerprint density at radius 1 is 1.47 bits per heavy atom. The first-order valence-corrected chi connectivity index (χ1v) is 6.65. The Bertz CT molecular complexity index is 336. The maximum atomic E-state index is 12.0. The number of hydrogen-bond donors (Lipinski definition) is 1. The number of ketones is 2. The van der Waals surface area contributed by atoms with Crippen LogP contribution in [0.5, 0.6) is 0 Å². The van der Waals surface area contributed by atoms with Crippen LogP contribution in [0.25, 0.3) is 0 Å². The van der Waals surface area contributed by atoms with E-state index in [-0.39, 0.29) is 29.1 Å². The van der Waals surface area contributed by atoms with Gasteiger partial charge in [-0.2, -0.15) is 0 Å². The lowest BCUT2D eigenvalue weighted by Gasteiger charge is -2.42. The minimum Gasteiger partial charge on any atom is -0.393 e. The molecule has 0 unspecified atom stereocenters. The second kappa shape index (κ2) is 4.52.